The van der Waals surface area contributed by atoms with Gasteiger partial charge in [0.1, 0.15) is 5.60 Å². The van der Waals surface area contributed by atoms with E-state index in [0.717, 1.165) is 0 Å². The molecule has 0 aliphatic carbocycles. The second-order valence-corrected chi connectivity index (χ2v) is 4.22. The largest absolute Gasteiger partial charge is 0.503 e. The van der Waals surface area contributed by atoms with Gasteiger partial charge in [0.25, 0.3) is 0 Å². The Hall–Kier alpha value is -2.08. The number of carboxylic acid groups (broad SMARTS) is 2. The average molecular weight is 256 g/mol. The van der Waals surface area contributed by atoms with Gasteiger partial charge in [0.15, 0.2) is 0 Å². The van der Waals surface area contributed by atoms with Gasteiger partial charge in [-0.1, -0.05) is 18.2 Å². The van der Waals surface area contributed by atoms with Gasteiger partial charge in [-0.2, -0.15) is 4.89 Å². The minimum Gasteiger partial charge on any atom is -0.450 e. The Morgan fingerprint density at radius 3 is 1.89 bits per heavy atom. The van der Waals surface area contributed by atoms with E-state index in [1.807, 2.05) is 26.8 Å². The topological polar surface area (TPSA) is 93.1 Å². The minimum atomic E-state index is -1.83. The van der Waals surface area contributed by atoms with Crippen molar-refractivity contribution < 1.29 is 29.6 Å². The first-order valence-corrected chi connectivity index (χ1v) is 5.09. The molecule has 0 aliphatic rings. The van der Waals surface area contributed by atoms with Crippen molar-refractivity contribution in [2.45, 2.75) is 26.4 Å². The fraction of sp³-hybridized carbons (Fsp3) is 0.333. The highest BCUT2D eigenvalue weighted by Crippen LogP contribution is 2.09. The molecule has 0 saturated heterocycles. The molecule has 0 spiro atoms. The lowest BCUT2D eigenvalue weighted by Gasteiger charge is -2.16. The third-order valence-electron chi connectivity index (χ3n) is 1.38. The zero-order valence-electron chi connectivity index (χ0n) is 10.4. The summed E-state index contributed by atoms with van der Waals surface area (Å²) in [7, 11) is 0. The maximum Gasteiger partial charge on any atom is 0.503 e. The fourth-order valence-electron chi connectivity index (χ4n) is 0.785. The lowest BCUT2D eigenvalue weighted by Crippen LogP contribution is -2.21. The van der Waals surface area contributed by atoms with Crippen LogP contribution < -0.4 is 0 Å². The minimum absolute atomic E-state index is 0.472. The average Bonchev–Trinajstić information content (AvgIpc) is 2.25. The molecule has 2 N–H and O–H groups in total. The number of carbonyl (C=O) groups excluding carboxylic acids is 1. The molecule has 0 bridgehead atoms. The highest BCUT2D eigenvalue weighted by atomic mass is 17.2. The predicted octanol–water partition coefficient (Wildman–Crippen LogP) is 2.80. The lowest BCUT2D eigenvalue weighted by molar-refractivity contribution is -0.301. The summed E-state index contributed by atoms with van der Waals surface area (Å²) < 4.78 is 0. The van der Waals surface area contributed by atoms with Crippen LogP contribution >= 0.6 is 0 Å². The third kappa shape index (κ3) is 9.17. The van der Waals surface area contributed by atoms with E-state index in [1.54, 1.807) is 24.3 Å². The van der Waals surface area contributed by atoms with Crippen LogP contribution in [0.2, 0.25) is 0 Å². The van der Waals surface area contributed by atoms with E-state index < -0.39 is 17.7 Å². The van der Waals surface area contributed by atoms with Gasteiger partial charge in [-0.25, -0.2) is 9.59 Å². The van der Waals surface area contributed by atoms with Gasteiger partial charge in [0.2, 0.25) is 0 Å². The van der Waals surface area contributed by atoms with E-state index in [1.165, 1.54) is 0 Å². The van der Waals surface area contributed by atoms with Crippen LogP contribution in [-0.2, 0) is 9.78 Å². The van der Waals surface area contributed by atoms with Crippen LogP contribution in [0.15, 0.2) is 30.3 Å². The van der Waals surface area contributed by atoms with Crippen LogP contribution in [0.4, 0.5) is 4.79 Å². The van der Waals surface area contributed by atoms with Crippen molar-refractivity contribution in [3.8, 4) is 0 Å². The predicted molar refractivity (Wildman–Crippen MR) is 63.3 cm³/mol. The Morgan fingerprint density at radius 1 is 1.06 bits per heavy atom. The van der Waals surface area contributed by atoms with Gasteiger partial charge in [-0.3, -0.25) is 4.89 Å². The molecule has 0 fully saturated rings. The monoisotopic (exact) mass is 256 g/mol. The normalized spacial score (nSPS) is 9.94. The summed E-state index contributed by atoms with van der Waals surface area (Å²) in [6.45, 7) is 5.43. The Morgan fingerprint density at radius 2 is 1.50 bits per heavy atom. The number of benzene rings is 1. The van der Waals surface area contributed by atoms with Crippen LogP contribution in [0, 0.1) is 0 Å². The van der Waals surface area contributed by atoms with E-state index >= 15 is 0 Å². The van der Waals surface area contributed by atoms with Crippen molar-refractivity contribution in [2.75, 3.05) is 0 Å². The van der Waals surface area contributed by atoms with Gasteiger partial charge >= 0.3 is 12.1 Å². The Labute approximate surface area is 105 Å². The van der Waals surface area contributed by atoms with Crippen LogP contribution in [-0.4, -0.2) is 27.9 Å². The summed E-state index contributed by atoms with van der Waals surface area (Å²) in [5.74, 6) is -0.472. The van der Waals surface area contributed by atoms with Crippen LogP contribution in [0.25, 0.3) is 0 Å². The van der Waals surface area contributed by atoms with Crippen molar-refractivity contribution in [3.05, 3.63) is 35.9 Å². The van der Waals surface area contributed by atoms with Gasteiger partial charge in [-0.15, -0.1) is 0 Å². The maximum absolute atomic E-state index is 11.3. The van der Waals surface area contributed by atoms with E-state index in [4.69, 9.17) is 19.9 Å². The second kappa shape index (κ2) is 7.29. The molecule has 1 aromatic rings. The van der Waals surface area contributed by atoms with E-state index in [9.17, 15) is 4.79 Å². The molecule has 0 unspecified atom stereocenters. The smallest absolute Gasteiger partial charge is 0.450 e. The molecule has 0 atom stereocenters. The summed E-state index contributed by atoms with van der Waals surface area (Å²) in [6, 6.07) is 8.73. The summed E-state index contributed by atoms with van der Waals surface area (Å²) in [5.41, 5.74) is 0.00140. The Kier molecular flexibility index (Phi) is 6.44. The quantitative estimate of drug-likeness (QED) is 0.624. The Bertz CT molecular complexity index is 375. The highest BCUT2D eigenvalue weighted by molar-refractivity contribution is 5.88. The van der Waals surface area contributed by atoms with Crippen LogP contribution in [0.5, 0.6) is 0 Å². The zero-order chi connectivity index (χ0) is 14.2. The van der Waals surface area contributed by atoms with Gasteiger partial charge in [0.05, 0.1) is 5.56 Å². The number of rotatable bonds is 2. The van der Waals surface area contributed by atoms with Gasteiger partial charge < -0.3 is 10.2 Å². The molecule has 100 valence electrons. The molecular formula is C12H16O6. The molecular weight excluding hydrogens is 240 g/mol. The van der Waals surface area contributed by atoms with E-state index in [-0.39, 0.29) is 0 Å². The molecule has 1 aromatic carbocycles. The van der Waals surface area contributed by atoms with Gasteiger partial charge in [-0.05, 0) is 32.9 Å². The second-order valence-electron chi connectivity index (χ2n) is 4.22. The maximum atomic E-state index is 11.3. The highest BCUT2D eigenvalue weighted by Gasteiger charge is 2.15. The van der Waals surface area contributed by atoms with Gasteiger partial charge in [0, 0.05) is 0 Å². The van der Waals surface area contributed by atoms with Crippen LogP contribution in [0.1, 0.15) is 31.1 Å². The standard InChI is InChI=1S/C11H14O3.CH2O3/c1-11(2,3)14-13-10(12)9-7-5-4-6-8-9;2-1(3)4/h4-8H,1-3H3;(H2,2,3,4). The summed E-state index contributed by atoms with van der Waals surface area (Å²) in [6.07, 6.45) is -1.83. The molecule has 18 heavy (non-hydrogen) atoms. The third-order valence-corrected chi connectivity index (χ3v) is 1.38. The SMILES string of the molecule is CC(C)(C)OOC(=O)c1ccccc1.O=C(O)O. The number of hydrogen-bond acceptors (Lipinski definition) is 4. The molecule has 0 saturated carbocycles. The molecule has 6 nitrogen and oxygen atoms in total. The fourth-order valence-corrected chi connectivity index (χ4v) is 0.785. The molecule has 1 rings (SSSR count). The first-order valence-electron chi connectivity index (χ1n) is 5.09. The van der Waals surface area contributed by atoms with Crippen molar-refractivity contribution in [1.29, 1.82) is 0 Å². The zero-order valence-corrected chi connectivity index (χ0v) is 10.4. The summed E-state index contributed by atoms with van der Waals surface area (Å²) in [4.78, 5) is 29.4. The van der Waals surface area contributed by atoms with Crippen molar-refractivity contribution in [1.82, 2.24) is 0 Å². The molecule has 0 amide bonds. The lowest BCUT2D eigenvalue weighted by atomic mass is 10.2. The van der Waals surface area contributed by atoms with Crippen molar-refractivity contribution in [2.24, 2.45) is 0 Å². The van der Waals surface area contributed by atoms with E-state index in [0.29, 0.717) is 5.56 Å². The van der Waals surface area contributed by atoms with E-state index in [2.05, 4.69) is 4.89 Å². The Balaban J connectivity index is 0.000000631. The molecule has 0 radical (unpaired) electrons. The number of carbonyl (C=O) groups is 2. The summed E-state index contributed by atoms with van der Waals surface area (Å²) in [5, 5.41) is 13.9. The molecule has 0 aromatic heterocycles. The number of hydrogen-bond donors (Lipinski definition) is 2. The van der Waals surface area contributed by atoms with Crippen molar-refractivity contribution >= 4 is 12.1 Å². The first-order chi connectivity index (χ1) is 8.22. The molecule has 0 heterocycles. The molecule has 0 aliphatic heterocycles. The molecule has 6 heteroatoms. The first kappa shape index (κ1) is 15.9. The van der Waals surface area contributed by atoms with Crippen molar-refractivity contribution in [3.63, 3.8) is 0 Å². The summed E-state index contributed by atoms with van der Waals surface area (Å²) >= 11 is 0. The van der Waals surface area contributed by atoms with Crippen LogP contribution in [0.3, 0.4) is 0 Å².